The number of hydrogen-bond donors (Lipinski definition) is 0. The highest BCUT2D eigenvalue weighted by Crippen LogP contribution is 2.30. The molecule has 3 rings (SSSR count). The summed E-state index contributed by atoms with van der Waals surface area (Å²) in [6.07, 6.45) is 9.62. The van der Waals surface area contributed by atoms with Crippen LogP contribution in [-0.2, 0) is 6.54 Å². The minimum Gasteiger partial charge on any atom is -0.370 e. The third-order valence-corrected chi connectivity index (χ3v) is 6.27. The van der Waals surface area contributed by atoms with Gasteiger partial charge in [0.05, 0.1) is 5.69 Å². The standard InChI is InChI=1S/C28H37FN3/c1-5-30(6-2)19-10-20-31-21-17-23(18-22-31)13-14-24-11-9-12-26-25(24)15-16-27(28(26)29)32(7-3)8-4/h9,11-18,21-22H,5-8,10,19-20H2,1-4H3/q+1/b14-13+. The van der Waals surface area contributed by atoms with E-state index in [0.29, 0.717) is 11.1 Å². The molecule has 1 aromatic heterocycles. The first-order chi connectivity index (χ1) is 15.6. The number of aryl methyl sites for hydroxylation is 1. The minimum absolute atomic E-state index is 0.132. The Morgan fingerprint density at radius 3 is 2.19 bits per heavy atom. The fourth-order valence-electron chi connectivity index (χ4n) is 4.22. The highest BCUT2D eigenvalue weighted by atomic mass is 19.1. The first-order valence-electron chi connectivity index (χ1n) is 12.0. The molecule has 0 saturated heterocycles. The molecule has 0 aliphatic rings. The third kappa shape index (κ3) is 5.74. The Kier molecular flexibility index (Phi) is 8.81. The zero-order valence-electron chi connectivity index (χ0n) is 20.0. The van der Waals surface area contributed by atoms with Crippen LogP contribution in [0.25, 0.3) is 22.9 Å². The maximum absolute atomic E-state index is 15.2. The van der Waals surface area contributed by atoms with Crippen LogP contribution in [-0.4, -0.2) is 37.6 Å². The summed E-state index contributed by atoms with van der Waals surface area (Å²) in [5.41, 5.74) is 2.85. The van der Waals surface area contributed by atoms with Gasteiger partial charge in [0.15, 0.2) is 18.2 Å². The largest absolute Gasteiger partial charge is 0.370 e. The number of benzene rings is 2. The van der Waals surface area contributed by atoms with Crippen molar-refractivity contribution in [1.82, 2.24) is 4.90 Å². The number of anilines is 1. The van der Waals surface area contributed by atoms with Crippen LogP contribution in [0.15, 0.2) is 54.9 Å². The van der Waals surface area contributed by atoms with Crippen LogP contribution >= 0.6 is 0 Å². The Morgan fingerprint density at radius 2 is 1.53 bits per heavy atom. The second-order valence-electron chi connectivity index (χ2n) is 8.10. The van der Waals surface area contributed by atoms with Gasteiger partial charge in [-0.25, -0.2) is 8.96 Å². The SMILES string of the molecule is CCN(CC)CCC[n+]1ccc(/C=C/c2cccc3c(F)c(N(CC)CC)ccc23)cc1. The second-order valence-corrected chi connectivity index (χ2v) is 8.10. The Labute approximate surface area is 192 Å². The molecular weight excluding hydrogens is 397 g/mol. The predicted octanol–water partition coefficient (Wildman–Crippen LogP) is 6.01. The molecule has 0 bridgehead atoms. The molecule has 4 heteroatoms. The lowest BCUT2D eigenvalue weighted by Crippen LogP contribution is -2.35. The van der Waals surface area contributed by atoms with E-state index in [1.807, 2.05) is 30.3 Å². The number of nitrogens with zero attached hydrogens (tertiary/aromatic N) is 3. The lowest BCUT2D eigenvalue weighted by Gasteiger charge is -2.22. The molecule has 1 heterocycles. The van der Waals surface area contributed by atoms with E-state index in [-0.39, 0.29) is 5.82 Å². The van der Waals surface area contributed by atoms with Gasteiger partial charge in [-0.15, -0.1) is 0 Å². The van der Waals surface area contributed by atoms with Gasteiger partial charge in [0, 0.05) is 43.6 Å². The van der Waals surface area contributed by atoms with Crippen molar-refractivity contribution < 1.29 is 8.96 Å². The molecule has 0 aliphatic heterocycles. The summed E-state index contributed by atoms with van der Waals surface area (Å²) >= 11 is 0. The lowest BCUT2D eigenvalue weighted by atomic mass is 10.0. The number of hydrogen-bond acceptors (Lipinski definition) is 2. The fourth-order valence-corrected chi connectivity index (χ4v) is 4.22. The van der Waals surface area contributed by atoms with Gasteiger partial charge in [0.25, 0.3) is 0 Å². The number of rotatable bonds is 11. The molecule has 170 valence electrons. The van der Waals surface area contributed by atoms with Crippen molar-refractivity contribution >= 4 is 28.6 Å². The molecule has 3 aromatic rings. The fraction of sp³-hybridized carbons (Fsp3) is 0.393. The van der Waals surface area contributed by atoms with Crippen molar-refractivity contribution in [1.29, 1.82) is 0 Å². The molecular formula is C28H37FN3+. The van der Waals surface area contributed by atoms with E-state index in [0.717, 1.165) is 62.2 Å². The molecule has 2 aromatic carbocycles. The number of halogens is 1. The van der Waals surface area contributed by atoms with E-state index in [4.69, 9.17) is 0 Å². The van der Waals surface area contributed by atoms with E-state index in [2.05, 4.69) is 78.7 Å². The second kappa shape index (κ2) is 11.8. The maximum Gasteiger partial charge on any atom is 0.169 e. The summed E-state index contributed by atoms with van der Waals surface area (Å²) in [4.78, 5) is 4.51. The molecule has 0 aliphatic carbocycles. The molecule has 0 spiro atoms. The average molecular weight is 435 g/mol. The predicted molar refractivity (Wildman–Crippen MR) is 135 cm³/mol. The quantitative estimate of drug-likeness (QED) is 0.342. The Balaban J connectivity index is 1.73. The minimum atomic E-state index is -0.132. The van der Waals surface area contributed by atoms with Crippen LogP contribution < -0.4 is 9.47 Å². The van der Waals surface area contributed by atoms with Crippen LogP contribution in [0.3, 0.4) is 0 Å². The summed E-state index contributed by atoms with van der Waals surface area (Å²) < 4.78 is 17.4. The Bertz CT molecular complexity index is 1020. The van der Waals surface area contributed by atoms with Gasteiger partial charge >= 0.3 is 0 Å². The van der Waals surface area contributed by atoms with Gasteiger partial charge in [-0.2, -0.15) is 0 Å². The zero-order valence-corrected chi connectivity index (χ0v) is 20.0. The highest BCUT2D eigenvalue weighted by molar-refractivity contribution is 5.95. The smallest absolute Gasteiger partial charge is 0.169 e. The van der Waals surface area contributed by atoms with Crippen LogP contribution in [0, 0.1) is 5.82 Å². The summed E-state index contributed by atoms with van der Waals surface area (Å²) in [7, 11) is 0. The first kappa shape index (κ1) is 23.9. The average Bonchev–Trinajstić information content (AvgIpc) is 2.83. The van der Waals surface area contributed by atoms with Gasteiger partial charge < -0.3 is 9.80 Å². The summed E-state index contributed by atoms with van der Waals surface area (Å²) in [6.45, 7) is 14.5. The molecule has 0 saturated carbocycles. The highest BCUT2D eigenvalue weighted by Gasteiger charge is 2.13. The van der Waals surface area contributed by atoms with Crippen molar-refractivity contribution in [3.05, 3.63) is 71.8 Å². The van der Waals surface area contributed by atoms with E-state index in [9.17, 15) is 0 Å². The summed E-state index contributed by atoms with van der Waals surface area (Å²) in [6, 6.07) is 14.1. The lowest BCUT2D eigenvalue weighted by molar-refractivity contribution is -0.697. The van der Waals surface area contributed by atoms with E-state index in [1.54, 1.807) is 0 Å². The van der Waals surface area contributed by atoms with Crippen molar-refractivity contribution in [3.63, 3.8) is 0 Å². The van der Waals surface area contributed by atoms with E-state index in [1.165, 1.54) is 0 Å². The molecule has 0 atom stereocenters. The topological polar surface area (TPSA) is 10.4 Å². The molecule has 3 nitrogen and oxygen atoms in total. The van der Waals surface area contributed by atoms with Crippen LogP contribution in [0.5, 0.6) is 0 Å². The molecule has 0 radical (unpaired) electrons. The number of pyridine rings is 1. The molecule has 0 unspecified atom stereocenters. The van der Waals surface area contributed by atoms with Gasteiger partial charge in [-0.1, -0.05) is 50.3 Å². The molecule has 0 amide bonds. The van der Waals surface area contributed by atoms with Crippen molar-refractivity contribution in [2.24, 2.45) is 0 Å². The number of fused-ring (bicyclic) bond motifs is 1. The van der Waals surface area contributed by atoms with Gasteiger partial charge in [-0.3, -0.25) is 0 Å². The van der Waals surface area contributed by atoms with Gasteiger partial charge in [0.1, 0.15) is 6.54 Å². The van der Waals surface area contributed by atoms with E-state index < -0.39 is 0 Å². The zero-order chi connectivity index (χ0) is 22.9. The van der Waals surface area contributed by atoms with Crippen molar-refractivity contribution in [3.8, 4) is 0 Å². The summed E-state index contributed by atoms with van der Waals surface area (Å²) in [5, 5.41) is 1.62. The molecule has 0 N–H and O–H groups in total. The van der Waals surface area contributed by atoms with Crippen LogP contribution in [0.1, 0.15) is 45.2 Å². The van der Waals surface area contributed by atoms with Crippen molar-refractivity contribution in [2.45, 2.75) is 40.7 Å². The van der Waals surface area contributed by atoms with Crippen LogP contribution in [0.2, 0.25) is 0 Å². The maximum atomic E-state index is 15.2. The van der Waals surface area contributed by atoms with Crippen LogP contribution in [0.4, 0.5) is 10.1 Å². The third-order valence-electron chi connectivity index (χ3n) is 6.27. The first-order valence-corrected chi connectivity index (χ1v) is 12.0. The molecule has 0 fully saturated rings. The number of aromatic nitrogens is 1. The van der Waals surface area contributed by atoms with E-state index >= 15 is 4.39 Å². The molecule has 32 heavy (non-hydrogen) atoms. The monoisotopic (exact) mass is 434 g/mol. The normalized spacial score (nSPS) is 11.7. The Hall–Kier alpha value is -2.72. The van der Waals surface area contributed by atoms with Crippen molar-refractivity contribution in [2.75, 3.05) is 37.6 Å². The van der Waals surface area contributed by atoms with Gasteiger partial charge in [-0.05, 0) is 49.5 Å². The van der Waals surface area contributed by atoms with Gasteiger partial charge in [0.2, 0.25) is 0 Å². The Morgan fingerprint density at radius 1 is 0.812 bits per heavy atom. The summed E-state index contributed by atoms with van der Waals surface area (Å²) in [5.74, 6) is -0.132.